The van der Waals surface area contributed by atoms with Crippen LogP contribution in [0.25, 0.3) is 0 Å². The monoisotopic (exact) mass is 412 g/mol. The molecular formula is C21H24N4O3S. The molecule has 29 heavy (non-hydrogen) atoms. The Morgan fingerprint density at radius 3 is 2.41 bits per heavy atom. The molecular weight excluding hydrogens is 388 g/mol. The Morgan fingerprint density at radius 2 is 1.76 bits per heavy atom. The van der Waals surface area contributed by atoms with Crippen LogP contribution in [0.3, 0.4) is 0 Å². The van der Waals surface area contributed by atoms with Gasteiger partial charge in [-0.2, -0.15) is 0 Å². The molecule has 0 aliphatic carbocycles. The van der Waals surface area contributed by atoms with Crippen molar-refractivity contribution in [3.8, 4) is 0 Å². The minimum atomic E-state index is -0.506. The average Bonchev–Trinajstić information content (AvgIpc) is 3.13. The highest BCUT2D eigenvalue weighted by atomic mass is 32.2. The number of benzene rings is 2. The maximum atomic E-state index is 12.4. The molecule has 1 aliphatic heterocycles. The number of hydrogen-bond acceptors (Lipinski definition) is 5. The van der Waals surface area contributed by atoms with E-state index < -0.39 is 5.92 Å². The highest BCUT2D eigenvalue weighted by molar-refractivity contribution is 7.98. The summed E-state index contributed by atoms with van der Waals surface area (Å²) in [6, 6.07) is 15.3. The van der Waals surface area contributed by atoms with Crippen LogP contribution in [0.1, 0.15) is 12.0 Å². The van der Waals surface area contributed by atoms with E-state index in [4.69, 9.17) is 0 Å². The number of amides is 3. The zero-order valence-corrected chi connectivity index (χ0v) is 17.2. The molecule has 1 heterocycles. The standard InChI is InChI=1S/C21H24N4O3S/c1-14-3-5-16(6-4-14)22-12-19(26)23-24-21(28)15-11-20(27)25(13-15)17-7-9-18(29-2)10-8-17/h3-10,15,22H,11-13H2,1-2H3,(H,23,26)(H,24,28)/t15-/m0/s1. The fourth-order valence-electron chi connectivity index (χ4n) is 3.03. The predicted octanol–water partition coefficient (Wildman–Crippen LogP) is 2.33. The number of hydrazine groups is 1. The second-order valence-corrected chi connectivity index (χ2v) is 7.74. The van der Waals surface area contributed by atoms with Crippen LogP contribution < -0.4 is 21.1 Å². The Bertz CT molecular complexity index is 884. The van der Waals surface area contributed by atoms with Crippen LogP contribution in [-0.2, 0) is 14.4 Å². The smallest absolute Gasteiger partial charge is 0.257 e. The van der Waals surface area contributed by atoms with E-state index in [1.165, 1.54) is 0 Å². The molecule has 1 aliphatic rings. The lowest BCUT2D eigenvalue weighted by atomic mass is 10.1. The average molecular weight is 413 g/mol. The van der Waals surface area contributed by atoms with E-state index in [0.29, 0.717) is 6.54 Å². The quantitative estimate of drug-likeness (QED) is 0.500. The molecule has 2 aromatic carbocycles. The third-order valence-electron chi connectivity index (χ3n) is 4.71. The maximum Gasteiger partial charge on any atom is 0.257 e. The second-order valence-electron chi connectivity index (χ2n) is 6.86. The molecule has 0 bridgehead atoms. The first-order chi connectivity index (χ1) is 14.0. The van der Waals surface area contributed by atoms with E-state index >= 15 is 0 Å². The number of thioether (sulfide) groups is 1. The van der Waals surface area contributed by atoms with Crippen LogP contribution >= 0.6 is 11.8 Å². The number of carbonyl (C=O) groups excluding carboxylic acids is 3. The second kappa shape index (κ2) is 9.47. The zero-order chi connectivity index (χ0) is 20.8. The summed E-state index contributed by atoms with van der Waals surface area (Å²) < 4.78 is 0. The highest BCUT2D eigenvalue weighted by Gasteiger charge is 2.35. The summed E-state index contributed by atoms with van der Waals surface area (Å²) in [6.07, 6.45) is 2.11. The molecule has 8 heteroatoms. The van der Waals surface area contributed by atoms with Crippen molar-refractivity contribution < 1.29 is 14.4 Å². The fourth-order valence-corrected chi connectivity index (χ4v) is 3.43. The van der Waals surface area contributed by atoms with Gasteiger partial charge in [0.2, 0.25) is 11.8 Å². The van der Waals surface area contributed by atoms with Crippen molar-refractivity contribution in [3.05, 3.63) is 54.1 Å². The van der Waals surface area contributed by atoms with Gasteiger partial charge in [0, 0.05) is 29.2 Å². The molecule has 2 aromatic rings. The van der Waals surface area contributed by atoms with Crippen molar-refractivity contribution in [2.75, 3.05) is 29.6 Å². The summed E-state index contributed by atoms with van der Waals surface area (Å²) in [6.45, 7) is 2.31. The Balaban J connectivity index is 1.46. The Hall–Kier alpha value is -3.00. The minimum Gasteiger partial charge on any atom is -0.376 e. The summed E-state index contributed by atoms with van der Waals surface area (Å²) in [5.41, 5.74) is 7.54. The van der Waals surface area contributed by atoms with Crippen LogP contribution in [-0.4, -0.2) is 37.1 Å². The number of carbonyl (C=O) groups is 3. The first kappa shape index (κ1) is 20.7. The summed E-state index contributed by atoms with van der Waals surface area (Å²) in [7, 11) is 0. The Labute approximate surface area is 174 Å². The van der Waals surface area contributed by atoms with E-state index in [9.17, 15) is 14.4 Å². The van der Waals surface area contributed by atoms with E-state index in [-0.39, 0.29) is 30.7 Å². The highest BCUT2D eigenvalue weighted by Crippen LogP contribution is 2.27. The number of rotatable bonds is 6. The summed E-state index contributed by atoms with van der Waals surface area (Å²) in [5.74, 6) is -1.35. The molecule has 3 rings (SSSR count). The van der Waals surface area contributed by atoms with Crippen molar-refractivity contribution >= 4 is 40.9 Å². The van der Waals surface area contributed by atoms with E-state index in [1.807, 2.05) is 61.7 Å². The van der Waals surface area contributed by atoms with Crippen LogP contribution in [0.5, 0.6) is 0 Å². The normalized spacial score (nSPS) is 15.9. The lowest BCUT2D eigenvalue weighted by Gasteiger charge is -2.17. The molecule has 1 atom stereocenters. The van der Waals surface area contributed by atoms with Crippen LogP contribution in [0.2, 0.25) is 0 Å². The van der Waals surface area contributed by atoms with Crippen LogP contribution in [0, 0.1) is 12.8 Å². The SMILES string of the molecule is CSc1ccc(N2C[C@@H](C(=O)NNC(=O)CNc3ccc(C)cc3)CC2=O)cc1. The van der Waals surface area contributed by atoms with Crippen molar-refractivity contribution in [1.29, 1.82) is 0 Å². The molecule has 0 aromatic heterocycles. The Morgan fingerprint density at radius 1 is 1.07 bits per heavy atom. The fraction of sp³-hybridized carbons (Fsp3) is 0.286. The van der Waals surface area contributed by atoms with Gasteiger partial charge in [-0.05, 0) is 49.6 Å². The van der Waals surface area contributed by atoms with Gasteiger partial charge >= 0.3 is 0 Å². The van der Waals surface area contributed by atoms with Gasteiger partial charge in [-0.15, -0.1) is 11.8 Å². The predicted molar refractivity (Wildman–Crippen MR) is 115 cm³/mol. The van der Waals surface area contributed by atoms with E-state index in [1.54, 1.807) is 16.7 Å². The number of anilines is 2. The van der Waals surface area contributed by atoms with Gasteiger partial charge in [-0.1, -0.05) is 17.7 Å². The molecule has 7 nitrogen and oxygen atoms in total. The summed E-state index contributed by atoms with van der Waals surface area (Å²) >= 11 is 1.63. The maximum absolute atomic E-state index is 12.4. The van der Waals surface area contributed by atoms with Crippen molar-refractivity contribution in [2.45, 2.75) is 18.2 Å². The van der Waals surface area contributed by atoms with Crippen molar-refractivity contribution in [2.24, 2.45) is 5.92 Å². The molecule has 3 N–H and O–H groups in total. The molecule has 1 fully saturated rings. The Kier molecular flexibility index (Phi) is 6.77. The molecule has 0 radical (unpaired) electrons. The molecule has 1 saturated heterocycles. The van der Waals surface area contributed by atoms with Gasteiger partial charge in [0.25, 0.3) is 5.91 Å². The number of hydrogen-bond donors (Lipinski definition) is 3. The summed E-state index contributed by atoms with van der Waals surface area (Å²) in [4.78, 5) is 39.3. The largest absolute Gasteiger partial charge is 0.376 e. The molecule has 0 saturated carbocycles. The lowest BCUT2D eigenvalue weighted by Crippen LogP contribution is -2.47. The molecule has 3 amide bonds. The lowest BCUT2D eigenvalue weighted by molar-refractivity contribution is -0.130. The van der Waals surface area contributed by atoms with Crippen LogP contribution in [0.4, 0.5) is 11.4 Å². The van der Waals surface area contributed by atoms with Crippen LogP contribution in [0.15, 0.2) is 53.4 Å². The zero-order valence-electron chi connectivity index (χ0n) is 16.4. The van der Waals surface area contributed by atoms with Gasteiger partial charge in [0.05, 0.1) is 12.5 Å². The van der Waals surface area contributed by atoms with Gasteiger partial charge in [0.1, 0.15) is 0 Å². The third kappa shape index (κ3) is 5.51. The van der Waals surface area contributed by atoms with E-state index in [2.05, 4.69) is 16.2 Å². The van der Waals surface area contributed by atoms with E-state index in [0.717, 1.165) is 21.8 Å². The van der Waals surface area contributed by atoms with Crippen molar-refractivity contribution in [3.63, 3.8) is 0 Å². The summed E-state index contributed by atoms with van der Waals surface area (Å²) in [5, 5.41) is 2.98. The third-order valence-corrected chi connectivity index (χ3v) is 5.45. The first-order valence-electron chi connectivity index (χ1n) is 9.30. The molecule has 152 valence electrons. The molecule has 0 unspecified atom stereocenters. The van der Waals surface area contributed by atoms with Gasteiger partial charge in [0.15, 0.2) is 0 Å². The molecule has 0 spiro atoms. The van der Waals surface area contributed by atoms with Gasteiger partial charge in [-0.3, -0.25) is 25.2 Å². The number of aryl methyl sites for hydroxylation is 1. The van der Waals surface area contributed by atoms with Crippen molar-refractivity contribution in [1.82, 2.24) is 10.9 Å². The number of nitrogens with zero attached hydrogens (tertiary/aromatic N) is 1. The van der Waals surface area contributed by atoms with Gasteiger partial charge in [-0.25, -0.2) is 0 Å². The minimum absolute atomic E-state index is 0.0286. The van der Waals surface area contributed by atoms with Gasteiger partial charge < -0.3 is 10.2 Å². The first-order valence-corrected chi connectivity index (χ1v) is 10.5. The number of nitrogens with one attached hydrogen (secondary N) is 3. The topological polar surface area (TPSA) is 90.5 Å².